The number of benzene rings is 1. The fraction of sp³-hybridized carbons (Fsp3) is 0.912. The van der Waals surface area contributed by atoms with Crippen LogP contribution in [-0.4, -0.2) is 396 Å². The van der Waals surface area contributed by atoms with Crippen molar-refractivity contribution in [1.82, 2.24) is 0 Å². The molecule has 23 fully saturated rings. The number of rotatable bonds is 27. The smallest absolute Gasteiger partial charge is 0.187 e. The molecular weight excluding hydrogens is 1380 g/mol. The highest BCUT2D eigenvalue weighted by atomic mass is 16.8. The van der Waals surface area contributed by atoms with Crippen LogP contribution in [-0.2, 0) is 166 Å². The molecule has 0 spiro atoms. The van der Waals surface area contributed by atoms with Gasteiger partial charge in [0.15, 0.2) is 50.3 Å². The van der Waals surface area contributed by atoms with Gasteiger partial charge in [-0.05, 0) is 0 Å². The Kier molecular flexibility index (Phi) is 32.5. The molecular formula is C68H112O35. The highest BCUT2D eigenvalue weighted by Gasteiger charge is 2.63. The Morgan fingerprint density at radius 1 is 0.194 bits per heavy atom. The van der Waals surface area contributed by atoms with Crippen LogP contribution in [0.15, 0.2) is 30.3 Å². The van der Waals surface area contributed by atoms with E-state index < -0.39 is 221 Å². The van der Waals surface area contributed by atoms with E-state index in [1.807, 2.05) is 30.3 Å². The number of ether oxygens (including phenoxy) is 35. The van der Waals surface area contributed by atoms with Crippen LogP contribution in [0.25, 0.3) is 0 Å². The second-order valence-electron chi connectivity index (χ2n) is 26.0. The number of methoxy groups -OCH3 is 19. The van der Waals surface area contributed by atoms with E-state index in [9.17, 15) is 0 Å². The topological polar surface area (TPSA) is 323 Å². The van der Waals surface area contributed by atoms with Crippen molar-refractivity contribution in [3.05, 3.63) is 35.9 Å². The summed E-state index contributed by atoms with van der Waals surface area (Å²) in [6.45, 7) is -0.328. The minimum atomic E-state index is -1.28. The molecule has 24 rings (SSSR count). The van der Waals surface area contributed by atoms with Crippen molar-refractivity contribution in [2.75, 3.05) is 181 Å². The predicted octanol–water partition coefficient (Wildman–Crippen LogP) is -0.0417. The molecule has 0 saturated carbocycles. The van der Waals surface area contributed by atoms with E-state index in [2.05, 4.69) is 0 Å². The van der Waals surface area contributed by atoms with Crippen LogP contribution in [0.1, 0.15) is 11.9 Å². The quantitative estimate of drug-likeness (QED) is 0.112. The normalized spacial score (nSPS) is 45.6. The van der Waals surface area contributed by atoms with Crippen molar-refractivity contribution < 1.29 is 166 Å². The van der Waals surface area contributed by atoms with Gasteiger partial charge in [0, 0.05) is 141 Å². The second kappa shape index (κ2) is 40.1. The lowest BCUT2D eigenvalue weighted by atomic mass is 9.94. The van der Waals surface area contributed by atoms with Crippen LogP contribution in [0.2, 0.25) is 0 Å². The molecule has 36 atom stereocenters. The van der Waals surface area contributed by atoms with Gasteiger partial charge in [-0.1, -0.05) is 30.3 Å². The van der Waals surface area contributed by atoms with Gasteiger partial charge in [-0.2, -0.15) is 0 Å². The molecule has 0 aromatic heterocycles. The molecule has 0 aliphatic carbocycles. The maximum absolute atomic E-state index is 7.24. The summed E-state index contributed by atoms with van der Waals surface area (Å²) in [4.78, 5) is 0. The van der Waals surface area contributed by atoms with E-state index in [-0.39, 0.29) is 46.2 Å². The molecule has 35 nitrogen and oxygen atoms in total. The summed E-state index contributed by atoms with van der Waals surface area (Å²) in [5, 5.41) is 0. The fourth-order valence-electron chi connectivity index (χ4n) is 15.7. The molecule has 0 radical (unpaired) electrons. The molecule has 1 unspecified atom stereocenters. The largest absolute Gasteiger partial charge is 0.382 e. The van der Waals surface area contributed by atoms with Crippen LogP contribution in [0.4, 0.5) is 0 Å². The first-order valence-corrected chi connectivity index (χ1v) is 34.5. The molecule has 23 heterocycles. The Balaban J connectivity index is 1.09. The Hall–Kier alpha value is -2.18. The van der Waals surface area contributed by atoms with Gasteiger partial charge in [-0.25, -0.2) is 0 Å². The molecule has 1 aromatic carbocycles. The zero-order valence-corrected chi connectivity index (χ0v) is 62.4. The van der Waals surface area contributed by atoms with E-state index in [4.69, 9.17) is 166 Å². The third kappa shape index (κ3) is 17.9. The second-order valence-corrected chi connectivity index (χ2v) is 26.0. The van der Waals surface area contributed by atoms with Crippen molar-refractivity contribution in [1.29, 1.82) is 0 Å². The molecule has 16 bridgehead atoms. The van der Waals surface area contributed by atoms with Crippen molar-refractivity contribution in [3.8, 4) is 0 Å². The average Bonchev–Trinajstić information content (AvgIpc) is 0.781. The molecule has 23 aliphatic rings. The van der Waals surface area contributed by atoms with Crippen LogP contribution in [0, 0.1) is 0 Å². The summed E-state index contributed by atoms with van der Waals surface area (Å²) < 4.78 is 230. The monoisotopic (exact) mass is 1490 g/mol. The molecule has 35 heteroatoms. The molecule has 23 saturated heterocycles. The van der Waals surface area contributed by atoms with Gasteiger partial charge < -0.3 is 166 Å². The average molecular weight is 1490 g/mol. The summed E-state index contributed by atoms with van der Waals surface area (Å²) in [6.07, 6.45) is -38.1. The van der Waals surface area contributed by atoms with Crippen molar-refractivity contribution in [3.63, 3.8) is 0 Å². The van der Waals surface area contributed by atoms with Crippen LogP contribution >= 0.6 is 0 Å². The molecule has 0 amide bonds. The SMILES string of the molecule is COC[C@H]1O[C@@H]2O[C@H]3[C@H](OC)[C@@H](OC)[C@@H](O[C@H]4[C@H](OC)[C@@H](OC)[C@@H](O[C@H]5[C@H](OC)[C@@H](OC)[C@@H](O[C@H]6[C@H](OC)[C@@H](OC)[C@@H](O[C@H]7[C@H](OC)[C@@H](OC)[C@@H](O[C@H]8[C@H](OC)[C@H]9OC(c%10ccccc%10)O[C@@H]([C@H]1O[C@@H]9O[C@@H]8COC)[C@H]2OC)O[C@@H]7COC)O[C@@H]6COC)O[C@@H]5COC)O[C@@H]4COC)O[C@@H]3COC. The summed E-state index contributed by atoms with van der Waals surface area (Å²) in [7, 11) is 28.8. The molecule has 594 valence electrons. The first-order valence-electron chi connectivity index (χ1n) is 34.5. The highest BCUT2D eigenvalue weighted by molar-refractivity contribution is 5.17. The predicted molar refractivity (Wildman–Crippen MR) is 346 cm³/mol. The first-order chi connectivity index (χ1) is 50.2. The molecule has 0 N–H and O–H groups in total. The van der Waals surface area contributed by atoms with E-state index >= 15 is 0 Å². The van der Waals surface area contributed by atoms with Gasteiger partial charge in [0.25, 0.3) is 0 Å². The summed E-state index contributed by atoms with van der Waals surface area (Å²) in [6, 6.07) is 9.35. The Bertz CT molecular complexity index is 2560. The number of hydrogen-bond acceptors (Lipinski definition) is 35. The highest BCUT2D eigenvalue weighted by Crippen LogP contribution is 2.45. The van der Waals surface area contributed by atoms with E-state index in [0.29, 0.717) is 5.56 Å². The third-order valence-corrected chi connectivity index (χ3v) is 20.4. The van der Waals surface area contributed by atoms with Crippen molar-refractivity contribution in [2.24, 2.45) is 0 Å². The van der Waals surface area contributed by atoms with Crippen LogP contribution in [0.5, 0.6) is 0 Å². The summed E-state index contributed by atoms with van der Waals surface area (Å²) in [5.74, 6) is 0. The third-order valence-electron chi connectivity index (χ3n) is 20.4. The summed E-state index contributed by atoms with van der Waals surface area (Å²) in [5.41, 5.74) is 0.615. The van der Waals surface area contributed by atoms with Gasteiger partial charge in [-0.3, -0.25) is 0 Å². The van der Waals surface area contributed by atoms with Crippen LogP contribution < -0.4 is 0 Å². The first kappa shape index (κ1) is 83.3. The lowest BCUT2D eigenvalue weighted by Gasteiger charge is -2.54. The van der Waals surface area contributed by atoms with Gasteiger partial charge in [0.1, 0.15) is 171 Å². The summed E-state index contributed by atoms with van der Waals surface area (Å²) >= 11 is 0. The molecule has 23 aliphatic heterocycles. The lowest BCUT2D eigenvalue weighted by Crippen LogP contribution is -2.70. The van der Waals surface area contributed by atoms with Crippen LogP contribution in [0.3, 0.4) is 0 Å². The minimum absolute atomic E-state index is 0.0407. The Morgan fingerprint density at radius 2 is 0.408 bits per heavy atom. The number of hydrogen-bond donors (Lipinski definition) is 0. The minimum Gasteiger partial charge on any atom is -0.382 e. The zero-order valence-electron chi connectivity index (χ0n) is 62.4. The van der Waals surface area contributed by atoms with E-state index in [1.54, 1.807) is 0 Å². The lowest BCUT2D eigenvalue weighted by molar-refractivity contribution is -0.430. The zero-order chi connectivity index (χ0) is 73.6. The van der Waals surface area contributed by atoms with E-state index in [1.165, 1.54) is 135 Å². The van der Waals surface area contributed by atoms with Gasteiger partial charge in [0.2, 0.25) is 0 Å². The molecule has 1 aromatic rings. The maximum atomic E-state index is 7.24. The van der Waals surface area contributed by atoms with Crippen molar-refractivity contribution >= 4 is 0 Å². The standard InChI is InChI=1S/C68H112O35/c1-69-25-33-40-47(76-8)54(82-14)62(88-33)96-41-34(26-70-2)90-64(56(84-16)48(41)77-9)98-43-36(28-72-4)92-66(58(86-18)50(43)79-11)100-45-38(30-74-6)94-68-60(52(45)81-13)103-61(32-23-21-20-22-24-32)102-53-46(101-68)39(31-75-7)93-67(59(53)87-19)99-44-37(29-73-5)91-65(57(85-17)51(44)80-12)97-42-35(27-71-3)89-63(95-40)55(83-15)49(42)78-10/h20-24,33-68H,25-31H2,1-19H3/t33-,34-,35-,36-,37-,38-,39-,40-,41-,42-,43-,44-,45-,46+,47+,48+,49+,50+,51+,52+,53+,54-,55-,56-,57-,58-,59-,60-,61?,62-,63-,64-,65-,66-,67-,68+/m1/s1. The fourth-order valence-corrected chi connectivity index (χ4v) is 15.7. The van der Waals surface area contributed by atoms with Gasteiger partial charge in [0.05, 0.1) is 46.2 Å². The van der Waals surface area contributed by atoms with Gasteiger partial charge in [-0.15, -0.1) is 0 Å². The van der Waals surface area contributed by atoms with Gasteiger partial charge >= 0.3 is 0 Å². The maximum Gasteiger partial charge on any atom is 0.187 e. The molecule has 103 heavy (non-hydrogen) atoms. The van der Waals surface area contributed by atoms with Crippen molar-refractivity contribution in [2.45, 2.75) is 221 Å². The Morgan fingerprint density at radius 3 is 0.660 bits per heavy atom. The Labute approximate surface area is 602 Å². The van der Waals surface area contributed by atoms with E-state index in [0.717, 1.165) is 0 Å².